The minimum atomic E-state index is -0.677. The van der Waals surface area contributed by atoms with Gasteiger partial charge in [0.15, 0.2) is 0 Å². The third-order valence-electron chi connectivity index (χ3n) is 5.32. The summed E-state index contributed by atoms with van der Waals surface area (Å²) in [5.74, 6) is -0.00807. The van der Waals surface area contributed by atoms with E-state index in [9.17, 15) is 14.7 Å². The second kappa shape index (κ2) is 9.38. The fourth-order valence-electron chi connectivity index (χ4n) is 3.67. The molecular weight excluding hydrogens is 430 g/mol. The molecule has 2 N–H and O–H groups in total. The fourth-order valence-corrected chi connectivity index (χ4v) is 3.85. The minimum Gasteiger partial charge on any atom is -0.497 e. The first-order valence-corrected chi connectivity index (χ1v) is 10.5. The molecule has 2 aromatic carbocycles. The summed E-state index contributed by atoms with van der Waals surface area (Å²) < 4.78 is 5.14. The van der Waals surface area contributed by atoms with E-state index in [1.807, 2.05) is 0 Å². The zero-order valence-corrected chi connectivity index (χ0v) is 18.2. The predicted octanol–water partition coefficient (Wildman–Crippen LogP) is 4.47. The Kier molecular flexibility index (Phi) is 6.39. The molecule has 7 nitrogen and oxygen atoms in total. The normalized spacial score (nSPS) is 15.5. The van der Waals surface area contributed by atoms with Gasteiger partial charge < -0.3 is 20.1 Å². The number of benzene rings is 2. The largest absolute Gasteiger partial charge is 0.497 e. The average Bonchev–Trinajstić information content (AvgIpc) is 2.97. The van der Waals surface area contributed by atoms with Gasteiger partial charge in [-0.1, -0.05) is 17.7 Å². The number of pyridine rings is 1. The van der Waals surface area contributed by atoms with E-state index in [0.29, 0.717) is 52.7 Å². The number of rotatable bonds is 4. The molecule has 0 aliphatic carbocycles. The number of anilines is 2. The second-order valence-electron chi connectivity index (χ2n) is 7.44. The number of aliphatic hydroxyl groups excluding tert-OH is 1. The first-order valence-electron chi connectivity index (χ1n) is 10.2. The number of carbonyl (C=O) groups excluding carboxylic acids is 2. The molecule has 164 valence electrons. The van der Waals surface area contributed by atoms with Gasteiger partial charge in [-0.15, -0.1) is 0 Å². The molecule has 32 heavy (non-hydrogen) atoms. The van der Waals surface area contributed by atoms with Gasteiger partial charge in [0.1, 0.15) is 11.4 Å². The van der Waals surface area contributed by atoms with Gasteiger partial charge in [0.05, 0.1) is 25.1 Å². The molecule has 1 aliphatic rings. The number of nitrogens with zero attached hydrogens (tertiary/aromatic N) is 2. The van der Waals surface area contributed by atoms with Crippen LogP contribution in [0.15, 0.2) is 60.8 Å². The van der Waals surface area contributed by atoms with Crippen LogP contribution < -0.4 is 15.0 Å². The van der Waals surface area contributed by atoms with Crippen LogP contribution in [0.3, 0.4) is 0 Å². The molecule has 3 aromatic rings. The molecule has 0 fully saturated rings. The van der Waals surface area contributed by atoms with Crippen molar-refractivity contribution in [3.8, 4) is 5.75 Å². The first kappa shape index (κ1) is 21.8. The van der Waals surface area contributed by atoms with E-state index in [0.717, 1.165) is 0 Å². The van der Waals surface area contributed by atoms with E-state index in [2.05, 4.69) is 10.3 Å². The lowest BCUT2D eigenvalue weighted by Crippen LogP contribution is -2.32. The number of halogens is 1. The Morgan fingerprint density at radius 1 is 1.19 bits per heavy atom. The minimum absolute atomic E-state index is 0.238. The van der Waals surface area contributed by atoms with E-state index >= 15 is 0 Å². The Hall–Kier alpha value is -3.42. The van der Waals surface area contributed by atoms with Crippen LogP contribution in [0.5, 0.6) is 5.75 Å². The van der Waals surface area contributed by atoms with Crippen molar-refractivity contribution >= 4 is 34.8 Å². The average molecular weight is 452 g/mol. The van der Waals surface area contributed by atoms with Crippen molar-refractivity contribution in [1.29, 1.82) is 0 Å². The van der Waals surface area contributed by atoms with Crippen molar-refractivity contribution in [1.82, 2.24) is 4.98 Å². The van der Waals surface area contributed by atoms with E-state index in [1.165, 1.54) is 13.3 Å². The smallest absolute Gasteiger partial charge is 0.276 e. The molecule has 0 radical (unpaired) electrons. The Bertz CT molecular complexity index is 1150. The molecule has 0 spiro atoms. The van der Waals surface area contributed by atoms with Gasteiger partial charge >= 0.3 is 0 Å². The standard InChI is InChI=1S/C24H22ClN3O4/c1-32-18-5-2-4-15(12-18)23(30)27-17-8-9-20(26-14-17)24(31)28-11-3-6-22(29)19-13-16(25)7-10-21(19)28/h2,4-5,7-10,12-14,22,29H,3,6,11H2,1H3,(H,27,30). The molecule has 0 bridgehead atoms. The van der Waals surface area contributed by atoms with Crippen LogP contribution >= 0.6 is 11.6 Å². The highest BCUT2D eigenvalue weighted by Crippen LogP contribution is 2.35. The zero-order chi connectivity index (χ0) is 22.7. The van der Waals surface area contributed by atoms with Crippen LogP contribution in [0.2, 0.25) is 5.02 Å². The number of hydrogen-bond acceptors (Lipinski definition) is 5. The fraction of sp³-hybridized carbons (Fsp3) is 0.208. The maximum atomic E-state index is 13.2. The van der Waals surface area contributed by atoms with Crippen molar-refractivity contribution in [2.45, 2.75) is 18.9 Å². The van der Waals surface area contributed by atoms with Crippen LogP contribution in [0, 0.1) is 0 Å². The number of hydrogen-bond donors (Lipinski definition) is 2. The highest BCUT2D eigenvalue weighted by atomic mass is 35.5. The number of methoxy groups -OCH3 is 1. The van der Waals surface area contributed by atoms with Gasteiger partial charge in [-0.05, 0) is 61.4 Å². The highest BCUT2D eigenvalue weighted by Gasteiger charge is 2.27. The molecule has 2 amide bonds. The molecule has 1 atom stereocenters. The highest BCUT2D eigenvalue weighted by molar-refractivity contribution is 6.30. The molecule has 1 aromatic heterocycles. The molecule has 1 unspecified atom stereocenters. The predicted molar refractivity (Wildman–Crippen MR) is 123 cm³/mol. The Morgan fingerprint density at radius 3 is 2.78 bits per heavy atom. The zero-order valence-electron chi connectivity index (χ0n) is 17.4. The lowest BCUT2D eigenvalue weighted by molar-refractivity contribution is 0.0981. The van der Waals surface area contributed by atoms with Crippen LogP contribution in [-0.2, 0) is 0 Å². The molecule has 8 heteroatoms. The van der Waals surface area contributed by atoms with Crippen molar-refractivity contribution in [2.75, 3.05) is 23.9 Å². The first-order chi connectivity index (χ1) is 15.5. The molecule has 0 saturated carbocycles. The maximum absolute atomic E-state index is 13.2. The lowest BCUT2D eigenvalue weighted by Gasteiger charge is -2.23. The summed E-state index contributed by atoms with van der Waals surface area (Å²) in [6.07, 6.45) is 1.96. The number of aromatic nitrogens is 1. The lowest BCUT2D eigenvalue weighted by atomic mass is 10.0. The van der Waals surface area contributed by atoms with Crippen LogP contribution in [0.1, 0.15) is 45.4 Å². The van der Waals surface area contributed by atoms with Gasteiger partial charge in [0, 0.05) is 28.4 Å². The number of fused-ring (bicyclic) bond motifs is 1. The molecule has 2 heterocycles. The summed E-state index contributed by atoms with van der Waals surface area (Å²) >= 11 is 6.09. The van der Waals surface area contributed by atoms with Crippen molar-refractivity contribution in [3.05, 3.63) is 82.6 Å². The summed E-state index contributed by atoms with van der Waals surface area (Å²) in [5, 5.41) is 13.7. The molecule has 0 saturated heterocycles. The van der Waals surface area contributed by atoms with Crippen LogP contribution in [0.4, 0.5) is 11.4 Å². The molecule has 4 rings (SSSR count). The molecular formula is C24H22ClN3O4. The van der Waals surface area contributed by atoms with Gasteiger partial charge in [-0.3, -0.25) is 9.59 Å². The van der Waals surface area contributed by atoms with E-state index in [-0.39, 0.29) is 17.5 Å². The number of ether oxygens (including phenoxy) is 1. The number of amides is 2. The van der Waals surface area contributed by atoms with Gasteiger partial charge in [-0.2, -0.15) is 0 Å². The van der Waals surface area contributed by atoms with Gasteiger partial charge in [0.25, 0.3) is 11.8 Å². The van der Waals surface area contributed by atoms with E-state index in [1.54, 1.807) is 59.5 Å². The Balaban J connectivity index is 1.52. The summed E-state index contributed by atoms with van der Waals surface area (Å²) in [5.41, 5.74) is 2.41. The van der Waals surface area contributed by atoms with Crippen LogP contribution in [-0.4, -0.2) is 35.6 Å². The monoisotopic (exact) mass is 451 g/mol. The van der Waals surface area contributed by atoms with Crippen molar-refractivity contribution in [3.63, 3.8) is 0 Å². The summed E-state index contributed by atoms with van der Waals surface area (Å²) in [6, 6.07) is 15.1. The SMILES string of the molecule is COc1cccc(C(=O)Nc2ccc(C(=O)N3CCCC(O)c4cc(Cl)ccc43)nc2)c1. The van der Waals surface area contributed by atoms with Gasteiger partial charge in [0.2, 0.25) is 0 Å². The van der Waals surface area contributed by atoms with Crippen molar-refractivity contribution < 1.29 is 19.4 Å². The van der Waals surface area contributed by atoms with E-state index < -0.39 is 6.10 Å². The topological polar surface area (TPSA) is 91.8 Å². The van der Waals surface area contributed by atoms with Crippen molar-refractivity contribution in [2.24, 2.45) is 0 Å². The van der Waals surface area contributed by atoms with E-state index in [4.69, 9.17) is 16.3 Å². The quantitative estimate of drug-likeness (QED) is 0.610. The Morgan fingerprint density at radius 2 is 2.03 bits per heavy atom. The Labute approximate surface area is 190 Å². The second-order valence-corrected chi connectivity index (χ2v) is 7.87. The number of carbonyl (C=O) groups is 2. The third kappa shape index (κ3) is 4.59. The summed E-state index contributed by atoms with van der Waals surface area (Å²) in [7, 11) is 1.54. The maximum Gasteiger partial charge on any atom is 0.276 e. The van der Waals surface area contributed by atoms with Gasteiger partial charge in [-0.25, -0.2) is 4.98 Å². The summed E-state index contributed by atoms with van der Waals surface area (Å²) in [6.45, 7) is 0.459. The number of aliphatic hydroxyl groups is 1. The number of nitrogens with one attached hydrogen (secondary N) is 1. The third-order valence-corrected chi connectivity index (χ3v) is 5.55. The summed E-state index contributed by atoms with van der Waals surface area (Å²) in [4.78, 5) is 31.5. The van der Waals surface area contributed by atoms with Crippen LogP contribution in [0.25, 0.3) is 0 Å². The molecule has 1 aliphatic heterocycles.